The van der Waals surface area contributed by atoms with Crippen molar-refractivity contribution in [3.63, 3.8) is 0 Å². The molecule has 0 heterocycles. The molecule has 0 spiro atoms. The molecule has 0 aromatic heterocycles. The molecular weight excluding hydrogens is 296 g/mol. The van der Waals surface area contributed by atoms with Gasteiger partial charge in [-0.25, -0.2) is 0 Å². The van der Waals surface area contributed by atoms with Gasteiger partial charge in [-0.15, -0.1) is 0 Å². The quantitative estimate of drug-likeness (QED) is 0.807. The van der Waals surface area contributed by atoms with Crippen molar-refractivity contribution < 1.29 is 9.84 Å². The lowest BCUT2D eigenvalue weighted by atomic mass is 10.1. The molecule has 102 valence electrons. The van der Waals surface area contributed by atoms with E-state index < -0.39 is 0 Å². The Morgan fingerprint density at radius 2 is 2.17 bits per heavy atom. The van der Waals surface area contributed by atoms with E-state index in [2.05, 4.69) is 20.8 Å². The van der Waals surface area contributed by atoms with Crippen LogP contribution in [0, 0.1) is 0 Å². The van der Waals surface area contributed by atoms with E-state index in [0.717, 1.165) is 22.3 Å². The van der Waals surface area contributed by atoms with Gasteiger partial charge in [0.25, 0.3) is 0 Å². The Hall–Kier alpha value is -0.620. The fourth-order valence-electron chi connectivity index (χ4n) is 1.77. The molecule has 0 unspecified atom stereocenters. The standard InChI is InChI=1S/C13H21BrN2O2/c1-10(15)12-4-3-11(9-13(12)14)16(5-7-17)6-8-18-2/h3-4,9-10,17H,5-8,15H2,1-2H3/t10-/m0/s1. The van der Waals surface area contributed by atoms with Gasteiger partial charge >= 0.3 is 0 Å². The second-order valence-electron chi connectivity index (χ2n) is 4.20. The molecule has 1 atom stereocenters. The third-order valence-electron chi connectivity index (χ3n) is 2.77. The molecule has 0 bridgehead atoms. The van der Waals surface area contributed by atoms with Gasteiger partial charge in [0, 0.05) is 36.4 Å². The van der Waals surface area contributed by atoms with Crippen molar-refractivity contribution in [2.75, 3.05) is 38.3 Å². The van der Waals surface area contributed by atoms with Crippen LogP contribution in [-0.4, -0.2) is 38.5 Å². The predicted molar refractivity (Wildman–Crippen MR) is 77.9 cm³/mol. The number of nitrogens with zero attached hydrogens (tertiary/aromatic N) is 1. The van der Waals surface area contributed by atoms with Crippen molar-refractivity contribution in [1.82, 2.24) is 0 Å². The first-order chi connectivity index (χ1) is 8.60. The van der Waals surface area contributed by atoms with Crippen LogP contribution in [0.1, 0.15) is 18.5 Å². The average Bonchev–Trinajstić information content (AvgIpc) is 2.33. The molecule has 0 amide bonds. The molecule has 0 saturated carbocycles. The van der Waals surface area contributed by atoms with Crippen LogP contribution in [0.4, 0.5) is 5.69 Å². The Morgan fingerprint density at radius 1 is 1.44 bits per heavy atom. The van der Waals surface area contributed by atoms with E-state index in [0.29, 0.717) is 13.2 Å². The summed E-state index contributed by atoms with van der Waals surface area (Å²) in [5, 5.41) is 9.10. The van der Waals surface area contributed by atoms with Gasteiger partial charge in [-0.1, -0.05) is 22.0 Å². The summed E-state index contributed by atoms with van der Waals surface area (Å²) in [7, 11) is 1.67. The highest BCUT2D eigenvalue weighted by molar-refractivity contribution is 9.10. The topological polar surface area (TPSA) is 58.7 Å². The molecule has 5 heteroatoms. The van der Waals surface area contributed by atoms with Crippen LogP contribution in [0.5, 0.6) is 0 Å². The van der Waals surface area contributed by atoms with E-state index in [1.807, 2.05) is 25.1 Å². The van der Waals surface area contributed by atoms with Crippen LogP contribution in [-0.2, 0) is 4.74 Å². The number of hydrogen-bond acceptors (Lipinski definition) is 4. The molecule has 0 saturated heterocycles. The second-order valence-corrected chi connectivity index (χ2v) is 5.05. The summed E-state index contributed by atoms with van der Waals surface area (Å²) in [6.45, 7) is 4.05. The fraction of sp³-hybridized carbons (Fsp3) is 0.538. The fourth-order valence-corrected chi connectivity index (χ4v) is 2.50. The zero-order valence-corrected chi connectivity index (χ0v) is 12.5. The number of anilines is 1. The van der Waals surface area contributed by atoms with Crippen LogP contribution in [0.2, 0.25) is 0 Å². The smallest absolute Gasteiger partial charge is 0.0637 e. The second kappa shape index (κ2) is 7.74. The van der Waals surface area contributed by atoms with Gasteiger partial charge in [-0.2, -0.15) is 0 Å². The SMILES string of the molecule is COCCN(CCO)c1ccc([C@H](C)N)c(Br)c1. The van der Waals surface area contributed by atoms with Crippen LogP contribution in [0.15, 0.2) is 22.7 Å². The normalized spacial score (nSPS) is 12.5. The summed E-state index contributed by atoms with van der Waals surface area (Å²) in [4.78, 5) is 2.08. The van der Waals surface area contributed by atoms with Crippen LogP contribution in [0.25, 0.3) is 0 Å². The van der Waals surface area contributed by atoms with E-state index in [4.69, 9.17) is 15.6 Å². The first-order valence-corrected chi connectivity index (χ1v) is 6.79. The van der Waals surface area contributed by atoms with Crippen LogP contribution >= 0.6 is 15.9 Å². The summed E-state index contributed by atoms with van der Waals surface area (Å²) in [6, 6.07) is 6.07. The lowest BCUT2D eigenvalue weighted by molar-refractivity contribution is 0.203. The van der Waals surface area contributed by atoms with Crippen LogP contribution in [0.3, 0.4) is 0 Å². The van der Waals surface area contributed by atoms with Crippen molar-refractivity contribution in [2.45, 2.75) is 13.0 Å². The third-order valence-corrected chi connectivity index (χ3v) is 3.46. The molecule has 4 nitrogen and oxygen atoms in total. The van der Waals surface area contributed by atoms with Gasteiger partial charge in [0.15, 0.2) is 0 Å². The molecule has 1 aromatic carbocycles. The van der Waals surface area contributed by atoms with E-state index in [9.17, 15) is 0 Å². The zero-order valence-electron chi connectivity index (χ0n) is 10.9. The maximum Gasteiger partial charge on any atom is 0.0637 e. The molecular formula is C13H21BrN2O2. The lowest BCUT2D eigenvalue weighted by Crippen LogP contribution is -2.30. The Balaban J connectivity index is 2.88. The summed E-state index contributed by atoms with van der Waals surface area (Å²) < 4.78 is 6.07. The van der Waals surface area contributed by atoms with Gasteiger partial charge < -0.3 is 20.5 Å². The van der Waals surface area contributed by atoms with E-state index in [1.165, 1.54) is 0 Å². The van der Waals surface area contributed by atoms with Gasteiger partial charge in [-0.05, 0) is 24.6 Å². The molecule has 0 aliphatic carbocycles. The molecule has 18 heavy (non-hydrogen) atoms. The number of benzene rings is 1. The minimum absolute atomic E-state index is 0.00121. The van der Waals surface area contributed by atoms with Gasteiger partial charge in [-0.3, -0.25) is 0 Å². The first kappa shape index (κ1) is 15.4. The average molecular weight is 317 g/mol. The number of halogens is 1. The van der Waals surface area contributed by atoms with Gasteiger partial charge in [0.2, 0.25) is 0 Å². The highest BCUT2D eigenvalue weighted by Crippen LogP contribution is 2.27. The molecule has 0 fully saturated rings. The monoisotopic (exact) mass is 316 g/mol. The minimum atomic E-state index is -0.00121. The highest BCUT2D eigenvalue weighted by atomic mass is 79.9. The number of aliphatic hydroxyl groups is 1. The van der Waals surface area contributed by atoms with Crippen molar-refractivity contribution in [1.29, 1.82) is 0 Å². The summed E-state index contributed by atoms with van der Waals surface area (Å²) in [6.07, 6.45) is 0. The molecule has 0 radical (unpaired) electrons. The third kappa shape index (κ3) is 4.24. The number of methoxy groups -OCH3 is 1. The Bertz CT molecular complexity index is 372. The molecule has 1 aromatic rings. The number of rotatable bonds is 7. The van der Waals surface area contributed by atoms with Crippen molar-refractivity contribution in [2.24, 2.45) is 5.73 Å². The molecule has 0 aliphatic rings. The van der Waals surface area contributed by atoms with E-state index in [-0.39, 0.29) is 12.6 Å². The highest BCUT2D eigenvalue weighted by Gasteiger charge is 2.10. The number of nitrogens with two attached hydrogens (primary N) is 1. The number of hydrogen-bond donors (Lipinski definition) is 2. The predicted octanol–water partition coefficient (Wildman–Crippen LogP) is 1.91. The maximum absolute atomic E-state index is 9.10. The number of aliphatic hydroxyl groups excluding tert-OH is 1. The van der Waals surface area contributed by atoms with Gasteiger partial charge in [0.1, 0.15) is 0 Å². The van der Waals surface area contributed by atoms with E-state index >= 15 is 0 Å². The van der Waals surface area contributed by atoms with Crippen molar-refractivity contribution in [3.8, 4) is 0 Å². The molecule has 1 rings (SSSR count). The number of ether oxygens (including phenoxy) is 1. The maximum atomic E-state index is 9.10. The zero-order chi connectivity index (χ0) is 13.5. The van der Waals surface area contributed by atoms with Gasteiger partial charge in [0.05, 0.1) is 13.2 Å². The van der Waals surface area contributed by atoms with Crippen molar-refractivity contribution in [3.05, 3.63) is 28.2 Å². The van der Waals surface area contributed by atoms with Crippen molar-refractivity contribution >= 4 is 21.6 Å². The Morgan fingerprint density at radius 3 is 2.67 bits per heavy atom. The molecule has 3 N–H and O–H groups in total. The lowest BCUT2D eigenvalue weighted by Gasteiger charge is -2.24. The summed E-state index contributed by atoms with van der Waals surface area (Å²) in [5.41, 5.74) is 8.01. The Kier molecular flexibility index (Phi) is 6.63. The summed E-state index contributed by atoms with van der Waals surface area (Å²) in [5.74, 6) is 0. The first-order valence-electron chi connectivity index (χ1n) is 6.00. The minimum Gasteiger partial charge on any atom is -0.395 e. The van der Waals surface area contributed by atoms with E-state index in [1.54, 1.807) is 7.11 Å². The molecule has 0 aliphatic heterocycles. The largest absolute Gasteiger partial charge is 0.395 e. The Labute approximate surface area is 117 Å². The summed E-state index contributed by atoms with van der Waals surface area (Å²) >= 11 is 3.53. The van der Waals surface area contributed by atoms with Crippen LogP contribution < -0.4 is 10.6 Å².